The van der Waals surface area contributed by atoms with Gasteiger partial charge in [-0.05, 0) is 17.5 Å². The van der Waals surface area contributed by atoms with E-state index in [-0.39, 0.29) is 24.3 Å². The number of carbonyl (C=O) groups excluding carboxylic acids is 1. The standard InChI is InChI=1S/C17H19FN2O3S/c18-12-5-2-1-4-11(12)8-19-13-10-23-14(16(13)21)9-20-17(22)15-6-3-7-24-15/h1-7,13-14,16,19,21H,8-10H2,(H,20,22). The van der Waals surface area contributed by atoms with E-state index in [1.54, 1.807) is 24.3 Å². The van der Waals surface area contributed by atoms with Gasteiger partial charge >= 0.3 is 0 Å². The van der Waals surface area contributed by atoms with Crippen molar-refractivity contribution >= 4 is 17.2 Å². The molecule has 1 saturated heterocycles. The molecule has 128 valence electrons. The normalized spacial score (nSPS) is 23.3. The molecule has 1 amide bonds. The van der Waals surface area contributed by atoms with E-state index >= 15 is 0 Å². The van der Waals surface area contributed by atoms with Crippen molar-refractivity contribution in [1.29, 1.82) is 0 Å². The van der Waals surface area contributed by atoms with Gasteiger partial charge in [-0.3, -0.25) is 4.79 Å². The number of aliphatic hydroxyl groups excluding tert-OH is 1. The lowest BCUT2D eigenvalue weighted by molar-refractivity contribution is 0.0399. The highest BCUT2D eigenvalue weighted by atomic mass is 32.1. The molecule has 1 aromatic carbocycles. The second-order valence-electron chi connectivity index (χ2n) is 5.63. The summed E-state index contributed by atoms with van der Waals surface area (Å²) in [5.74, 6) is -0.457. The molecule has 0 saturated carbocycles. The fraction of sp³-hybridized carbons (Fsp3) is 0.353. The molecule has 3 rings (SSSR count). The zero-order valence-electron chi connectivity index (χ0n) is 12.9. The van der Waals surface area contributed by atoms with Crippen LogP contribution < -0.4 is 10.6 Å². The molecule has 5 nitrogen and oxygen atoms in total. The molecule has 0 radical (unpaired) electrons. The zero-order chi connectivity index (χ0) is 16.9. The number of carbonyl (C=O) groups is 1. The summed E-state index contributed by atoms with van der Waals surface area (Å²) >= 11 is 1.36. The molecule has 1 aliphatic rings. The average Bonchev–Trinajstić information content (AvgIpc) is 3.23. The predicted molar refractivity (Wildman–Crippen MR) is 89.4 cm³/mol. The minimum Gasteiger partial charge on any atom is -0.389 e. The summed E-state index contributed by atoms with van der Waals surface area (Å²) in [4.78, 5) is 12.5. The molecule has 7 heteroatoms. The molecule has 3 atom stereocenters. The first-order valence-electron chi connectivity index (χ1n) is 7.73. The van der Waals surface area contributed by atoms with E-state index in [1.807, 2.05) is 11.4 Å². The highest BCUT2D eigenvalue weighted by molar-refractivity contribution is 7.12. The van der Waals surface area contributed by atoms with E-state index in [1.165, 1.54) is 17.4 Å². The van der Waals surface area contributed by atoms with Crippen molar-refractivity contribution in [2.45, 2.75) is 24.8 Å². The van der Waals surface area contributed by atoms with E-state index in [9.17, 15) is 14.3 Å². The van der Waals surface area contributed by atoms with E-state index in [2.05, 4.69) is 10.6 Å². The van der Waals surface area contributed by atoms with Gasteiger partial charge in [0, 0.05) is 18.7 Å². The molecule has 1 fully saturated rings. The zero-order valence-corrected chi connectivity index (χ0v) is 13.8. The summed E-state index contributed by atoms with van der Waals surface area (Å²) < 4.78 is 19.1. The van der Waals surface area contributed by atoms with Gasteiger partial charge in [0.25, 0.3) is 5.91 Å². The van der Waals surface area contributed by atoms with Crippen molar-refractivity contribution in [2.75, 3.05) is 13.2 Å². The van der Waals surface area contributed by atoms with Crippen molar-refractivity contribution < 1.29 is 19.0 Å². The molecular formula is C17H19FN2O3S. The van der Waals surface area contributed by atoms with E-state index < -0.39 is 12.2 Å². The maximum atomic E-state index is 13.6. The van der Waals surface area contributed by atoms with Crippen LogP contribution in [-0.2, 0) is 11.3 Å². The number of halogens is 1. The van der Waals surface area contributed by atoms with Crippen LogP contribution in [0.25, 0.3) is 0 Å². The maximum absolute atomic E-state index is 13.6. The topological polar surface area (TPSA) is 70.6 Å². The third-order valence-corrected chi connectivity index (χ3v) is 4.87. The Kier molecular flexibility index (Phi) is 5.57. The highest BCUT2D eigenvalue weighted by Gasteiger charge is 2.35. The Hall–Kier alpha value is -1.80. The molecule has 3 unspecified atom stereocenters. The minimum absolute atomic E-state index is 0.177. The molecule has 0 spiro atoms. The van der Waals surface area contributed by atoms with Gasteiger partial charge in [0.05, 0.1) is 23.6 Å². The number of benzene rings is 1. The lowest BCUT2D eigenvalue weighted by Crippen LogP contribution is -2.44. The second kappa shape index (κ2) is 7.85. The lowest BCUT2D eigenvalue weighted by Gasteiger charge is -2.19. The van der Waals surface area contributed by atoms with Crippen molar-refractivity contribution in [2.24, 2.45) is 0 Å². The summed E-state index contributed by atoms with van der Waals surface area (Å²) in [5, 5.41) is 18.0. The van der Waals surface area contributed by atoms with E-state index in [0.717, 1.165) is 0 Å². The van der Waals surface area contributed by atoms with Crippen LogP contribution in [0.3, 0.4) is 0 Å². The SMILES string of the molecule is O=C(NCC1OCC(NCc2ccccc2F)C1O)c1cccs1. The number of amides is 1. The highest BCUT2D eigenvalue weighted by Crippen LogP contribution is 2.16. The number of nitrogens with one attached hydrogen (secondary N) is 2. The minimum atomic E-state index is -0.764. The van der Waals surface area contributed by atoms with E-state index in [4.69, 9.17) is 4.74 Å². The van der Waals surface area contributed by atoms with Crippen molar-refractivity contribution in [3.63, 3.8) is 0 Å². The van der Waals surface area contributed by atoms with Crippen molar-refractivity contribution in [1.82, 2.24) is 10.6 Å². The smallest absolute Gasteiger partial charge is 0.261 e. The van der Waals surface area contributed by atoms with Crippen LogP contribution in [0.2, 0.25) is 0 Å². The fourth-order valence-corrected chi connectivity index (χ4v) is 3.25. The van der Waals surface area contributed by atoms with Gasteiger partial charge in [-0.1, -0.05) is 24.3 Å². The number of aliphatic hydroxyl groups is 1. The number of ether oxygens (including phenoxy) is 1. The monoisotopic (exact) mass is 350 g/mol. The third-order valence-electron chi connectivity index (χ3n) is 4.00. The molecular weight excluding hydrogens is 331 g/mol. The predicted octanol–water partition coefficient (Wildman–Crippen LogP) is 1.54. The molecule has 24 heavy (non-hydrogen) atoms. The molecule has 0 bridgehead atoms. The number of thiophene rings is 1. The second-order valence-corrected chi connectivity index (χ2v) is 6.58. The van der Waals surface area contributed by atoms with Gasteiger partial charge in [-0.25, -0.2) is 4.39 Å². The summed E-state index contributed by atoms with van der Waals surface area (Å²) in [6.07, 6.45) is -1.24. The molecule has 0 aliphatic carbocycles. The molecule has 2 aromatic rings. The van der Waals surface area contributed by atoms with Crippen LogP contribution in [0.5, 0.6) is 0 Å². The first kappa shape index (κ1) is 17.0. The Bertz CT molecular complexity index is 680. The van der Waals surface area contributed by atoms with E-state index in [0.29, 0.717) is 23.6 Å². The van der Waals surface area contributed by atoms with Gasteiger partial charge in [-0.15, -0.1) is 11.3 Å². The van der Waals surface area contributed by atoms with Crippen LogP contribution in [0.4, 0.5) is 4.39 Å². The Balaban J connectivity index is 1.47. The first-order chi connectivity index (χ1) is 11.6. The summed E-state index contributed by atoms with van der Waals surface area (Å²) in [5.41, 5.74) is 0.541. The van der Waals surface area contributed by atoms with Crippen molar-refractivity contribution in [3.05, 3.63) is 58.0 Å². The fourth-order valence-electron chi connectivity index (χ4n) is 2.61. The van der Waals surface area contributed by atoms with Crippen molar-refractivity contribution in [3.8, 4) is 0 Å². The molecule has 1 aromatic heterocycles. The molecule has 3 N–H and O–H groups in total. The largest absolute Gasteiger partial charge is 0.389 e. The van der Waals surface area contributed by atoms with Crippen LogP contribution in [-0.4, -0.2) is 42.4 Å². The maximum Gasteiger partial charge on any atom is 0.261 e. The third kappa shape index (κ3) is 3.99. The Labute approximate surface area is 143 Å². The molecule has 2 heterocycles. The summed E-state index contributed by atoms with van der Waals surface area (Å²) in [6.45, 7) is 0.858. The Morgan fingerprint density at radius 3 is 2.92 bits per heavy atom. The van der Waals surface area contributed by atoms with Crippen LogP contribution in [0, 0.1) is 5.82 Å². The van der Waals surface area contributed by atoms with Gasteiger partial charge in [0.15, 0.2) is 0 Å². The lowest BCUT2D eigenvalue weighted by atomic mass is 10.1. The van der Waals surface area contributed by atoms with Crippen LogP contribution >= 0.6 is 11.3 Å². The van der Waals surface area contributed by atoms with Crippen LogP contribution in [0.15, 0.2) is 41.8 Å². The number of rotatable bonds is 6. The Morgan fingerprint density at radius 1 is 1.33 bits per heavy atom. The molecule has 1 aliphatic heterocycles. The summed E-state index contributed by atoms with van der Waals surface area (Å²) in [6, 6.07) is 9.76. The first-order valence-corrected chi connectivity index (χ1v) is 8.61. The van der Waals surface area contributed by atoms with Crippen LogP contribution in [0.1, 0.15) is 15.2 Å². The quantitative estimate of drug-likeness (QED) is 0.739. The Morgan fingerprint density at radius 2 is 2.17 bits per heavy atom. The average molecular weight is 350 g/mol. The number of hydrogen-bond acceptors (Lipinski definition) is 5. The van der Waals surface area contributed by atoms with Gasteiger partial charge in [0.1, 0.15) is 11.9 Å². The van der Waals surface area contributed by atoms with Gasteiger partial charge in [-0.2, -0.15) is 0 Å². The summed E-state index contributed by atoms with van der Waals surface area (Å²) in [7, 11) is 0. The van der Waals surface area contributed by atoms with Gasteiger partial charge in [0.2, 0.25) is 0 Å². The number of hydrogen-bond donors (Lipinski definition) is 3. The van der Waals surface area contributed by atoms with Gasteiger partial charge < -0.3 is 20.5 Å².